The molecular weight excluding hydrogens is 512 g/mol. The van der Waals surface area contributed by atoms with E-state index in [2.05, 4.69) is 20.9 Å². The fourth-order valence-electron chi connectivity index (χ4n) is 3.75. The lowest BCUT2D eigenvalue weighted by atomic mass is 9.95. The molecule has 1 aliphatic carbocycles. The van der Waals surface area contributed by atoms with E-state index >= 15 is 0 Å². The van der Waals surface area contributed by atoms with Crippen LogP contribution >= 0.6 is 38.9 Å². The molecule has 166 valence electrons. The number of carbonyl (C=O) groups is 1. The molecule has 1 amide bonds. The van der Waals surface area contributed by atoms with E-state index in [1.165, 1.54) is 4.88 Å². The van der Waals surface area contributed by atoms with Crippen LogP contribution in [0, 0.1) is 0 Å². The van der Waals surface area contributed by atoms with Gasteiger partial charge >= 0.3 is 0 Å². The average molecular weight is 534 g/mol. The van der Waals surface area contributed by atoms with Gasteiger partial charge < -0.3 is 15.2 Å². The highest BCUT2D eigenvalue weighted by molar-refractivity contribution is 9.10. The SMILES string of the molecule is COc1cc(C=Nc2sc3c(c2C(N)=O)CCCC3)cc(Br)c1OCc1ccccc1Cl. The van der Waals surface area contributed by atoms with Gasteiger partial charge in [-0.15, -0.1) is 11.3 Å². The Balaban J connectivity index is 1.60. The first-order valence-electron chi connectivity index (χ1n) is 10.2. The van der Waals surface area contributed by atoms with Crippen molar-refractivity contribution in [2.75, 3.05) is 7.11 Å². The molecule has 0 atom stereocenters. The number of rotatable bonds is 7. The molecule has 1 aromatic heterocycles. The van der Waals surface area contributed by atoms with Crippen LogP contribution in [0.25, 0.3) is 0 Å². The molecule has 5 nitrogen and oxygen atoms in total. The van der Waals surface area contributed by atoms with Crippen molar-refractivity contribution in [2.24, 2.45) is 10.7 Å². The van der Waals surface area contributed by atoms with Crippen LogP contribution in [0.15, 0.2) is 45.9 Å². The maximum absolute atomic E-state index is 12.1. The third kappa shape index (κ3) is 4.85. The van der Waals surface area contributed by atoms with Gasteiger partial charge in [0.1, 0.15) is 11.6 Å². The lowest BCUT2D eigenvalue weighted by Crippen LogP contribution is -2.14. The fourth-order valence-corrected chi connectivity index (χ4v) is 5.75. The monoisotopic (exact) mass is 532 g/mol. The van der Waals surface area contributed by atoms with Crippen molar-refractivity contribution in [1.29, 1.82) is 0 Å². The molecule has 2 aromatic carbocycles. The Kier molecular flexibility index (Phi) is 7.18. The third-order valence-corrected chi connectivity index (χ3v) is 7.47. The lowest BCUT2D eigenvalue weighted by Gasteiger charge is -2.14. The molecule has 1 aliphatic rings. The zero-order chi connectivity index (χ0) is 22.7. The second-order valence-electron chi connectivity index (χ2n) is 7.43. The van der Waals surface area contributed by atoms with E-state index in [1.54, 1.807) is 24.7 Å². The maximum Gasteiger partial charge on any atom is 0.252 e. The van der Waals surface area contributed by atoms with Crippen molar-refractivity contribution < 1.29 is 14.3 Å². The zero-order valence-corrected chi connectivity index (χ0v) is 20.6. The number of aliphatic imine (C=N–C) groups is 1. The van der Waals surface area contributed by atoms with Gasteiger partial charge in [-0.2, -0.15) is 0 Å². The fraction of sp³-hybridized carbons (Fsp3) is 0.250. The van der Waals surface area contributed by atoms with Gasteiger partial charge in [-0.3, -0.25) is 4.79 Å². The van der Waals surface area contributed by atoms with E-state index in [1.807, 2.05) is 36.4 Å². The van der Waals surface area contributed by atoms with E-state index in [4.69, 9.17) is 26.8 Å². The summed E-state index contributed by atoms with van der Waals surface area (Å²) in [5.41, 5.74) is 9.00. The number of hydrogen-bond acceptors (Lipinski definition) is 5. The number of aryl methyl sites for hydroxylation is 1. The first-order valence-corrected chi connectivity index (χ1v) is 12.2. The van der Waals surface area contributed by atoms with Crippen LogP contribution < -0.4 is 15.2 Å². The Morgan fingerprint density at radius 1 is 1.28 bits per heavy atom. The number of nitrogens with two attached hydrogens (primary N) is 1. The number of methoxy groups -OCH3 is 1. The van der Waals surface area contributed by atoms with Crippen LogP contribution in [-0.4, -0.2) is 19.2 Å². The molecule has 3 aromatic rings. The Bertz CT molecular complexity index is 1190. The summed E-state index contributed by atoms with van der Waals surface area (Å²) < 4.78 is 12.3. The number of ether oxygens (including phenoxy) is 2. The van der Waals surface area contributed by atoms with Crippen molar-refractivity contribution in [3.05, 3.63) is 73.0 Å². The molecule has 0 saturated carbocycles. The molecular formula is C24H22BrClN2O3S. The van der Waals surface area contributed by atoms with Crippen molar-refractivity contribution in [3.8, 4) is 11.5 Å². The van der Waals surface area contributed by atoms with Crippen molar-refractivity contribution >= 4 is 56.0 Å². The van der Waals surface area contributed by atoms with Gasteiger partial charge in [0.2, 0.25) is 0 Å². The quantitative estimate of drug-likeness (QED) is 0.353. The number of thiophene rings is 1. The summed E-state index contributed by atoms with van der Waals surface area (Å²) in [6.07, 6.45) is 5.79. The van der Waals surface area contributed by atoms with Gasteiger partial charge in [0.05, 0.1) is 17.1 Å². The molecule has 8 heteroatoms. The molecule has 0 bridgehead atoms. The normalized spacial score (nSPS) is 13.2. The highest BCUT2D eigenvalue weighted by Gasteiger charge is 2.23. The third-order valence-electron chi connectivity index (χ3n) is 5.31. The summed E-state index contributed by atoms with van der Waals surface area (Å²) in [7, 11) is 1.59. The highest BCUT2D eigenvalue weighted by atomic mass is 79.9. The standard InChI is InChI=1S/C24H22BrClN2O3S/c1-30-19-11-14(10-17(25)22(19)31-13-15-6-2-4-8-18(15)26)12-28-24-21(23(27)29)16-7-3-5-9-20(16)32-24/h2,4,6,8,10-12H,3,5,7,9,13H2,1H3,(H2,27,29). The second-order valence-corrected chi connectivity index (χ2v) is 9.77. The highest BCUT2D eigenvalue weighted by Crippen LogP contribution is 2.40. The summed E-state index contributed by atoms with van der Waals surface area (Å²) in [6.45, 7) is 0.310. The summed E-state index contributed by atoms with van der Waals surface area (Å²) >= 11 is 11.4. The minimum Gasteiger partial charge on any atom is -0.493 e. The average Bonchev–Trinajstić information content (AvgIpc) is 3.16. The number of fused-ring (bicyclic) bond motifs is 1. The predicted molar refractivity (Wildman–Crippen MR) is 133 cm³/mol. The molecule has 0 fully saturated rings. The van der Waals surface area contributed by atoms with Crippen molar-refractivity contribution in [3.63, 3.8) is 0 Å². The Morgan fingerprint density at radius 2 is 2.06 bits per heavy atom. The first kappa shape index (κ1) is 22.8. The lowest BCUT2D eigenvalue weighted by molar-refractivity contribution is 0.100. The Hall–Kier alpha value is -2.35. The van der Waals surface area contributed by atoms with E-state index in [0.29, 0.717) is 33.7 Å². The number of carbonyl (C=O) groups excluding carboxylic acids is 1. The minimum absolute atomic E-state index is 0.310. The molecule has 0 aliphatic heterocycles. The Labute approximate surface area is 204 Å². The number of nitrogens with zero attached hydrogens (tertiary/aromatic N) is 1. The van der Waals surface area contributed by atoms with Crippen LogP contribution in [-0.2, 0) is 19.4 Å². The largest absolute Gasteiger partial charge is 0.493 e. The summed E-state index contributed by atoms with van der Waals surface area (Å²) in [5, 5.41) is 1.31. The number of halogens is 2. The minimum atomic E-state index is -0.418. The summed E-state index contributed by atoms with van der Waals surface area (Å²) in [5.74, 6) is 0.723. The number of hydrogen-bond donors (Lipinski definition) is 1. The predicted octanol–water partition coefficient (Wildman–Crippen LogP) is 6.48. The summed E-state index contributed by atoms with van der Waals surface area (Å²) in [6, 6.07) is 11.3. The van der Waals surface area contributed by atoms with E-state index in [0.717, 1.165) is 46.8 Å². The van der Waals surface area contributed by atoms with E-state index in [-0.39, 0.29) is 0 Å². The van der Waals surface area contributed by atoms with Crippen molar-refractivity contribution in [2.45, 2.75) is 32.3 Å². The molecule has 0 unspecified atom stereocenters. The van der Waals surface area contributed by atoms with Gasteiger partial charge in [-0.25, -0.2) is 4.99 Å². The van der Waals surface area contributed by atoms with Crippen LogP contribution in [0.3, 0.4) is 0 Å². The first-order chi connectivity index (χ1) is 15.5. The molecule has 0 spiro atoms. The zero-order valence-electron chi connectivity index (χ0n) is 17.5. The van der Waals surface area contributed by atoms with Crippen molar-refractivity contribution in [1.82, 2.24) is 0 Å². The summed E-state index contributed by atoms with van der Waals surface area (Å²) in [4.78, 5) is 17.9. The van der Waals surface area contributed by atoms with Gasteiger partial charge in [-0.1, -0.05) is 29.8 Å². The second kappa shape index (κ2) is 10.1. The van der Waals surface area contributed by atoms with Gasteiger partial charge in [0, 0.05) is 21.7 Å². The Morgan fingerprint density at radius 3 is 2.81 bits per heavy atom. The smallest absolute Gasteiger partial charge is 0.252 e. The van der Waals surface area contributed by atoms with Crippen LogP contribution in [0.4, 0.5) is 5.00 Å². The number of benzene rings is 2. The topological polar surface area (TPSA) is 73.9 Å². The maximum atomic E-state index is 12.1. The molecule has 1 heterocycles. The molecule has 2 N–H and O–H groups in total. The van der Waals surface area contributed by atoms with Gasteiger partial charge in [0.25, 0.3) is 5.91 Å². The van der Waals surface area contributed by atoms with E-state index in [9.17, 15) is 4.79 Å². The van der Waals surface area contributed by atoms with Gasteiger partial charge in [-0.05, 0) is 70.9 Å². The van der Waals surface area contributed by atoms with E-state index < -0.39 is 5.91 Å². The van der Waals surface area contributed by atoms with Crippen LogP contribution in [0.5, 0.6) is 11.5 Å². The molecule has 0 radical (unpaired) electrons. The number of amides is 1. The molecule has 32 heavy (non-hydrogen) atoms. The number of primary amides is 1. The van der Waals surface area contributed by atoms with Crippen LogP contribution in [0.2, 0.25) is 5.02 Å². The molecule has 4 rings (SSSR count). The van der Waals surface area contributed by atoms with Gasteiger partial charge in [0.15, 0.2) is 11.5 Å². The van der Waals surface area contributed by atoms with Crippen LogP contribution in [0.1, 0.15) is 44.8 Å². The molecule has 0 saturated heterocycles.